The molecule has 0 aliphatic carbocycles. The number of ether oxygens (including phenoxy) is 1. The molecule has 0 aliphatic rings. The van der Waals surface area contributed by atoms with Gasteiger partial charge in [0, 0.05) is 4.47 Å². The number of hydrogen-bond donors (Lipinski definition) is 0. The highest BCUT2D eigenvalue weighted by atomic mass is 79.9. The van der Waals surface area contributed by atoms with Crippen LogP contribution in [-0.4, -0.2) is 17.7 Å². The Bertz CT molecular complexity index is 672. The van der Waals surface area contributed by atoms with Crippen molar-refractivity contribution >= 4 is 33.5 Å². The number of nitrogens with zero attached hydrogens (tertiary/aromatic N) is 1. The SMILES string of the molecule is CCOC(=O)c1c(-c2c(F)ccc(Cl)c2Br)noc1C. The van der Waals surface area contributed by atoms with Gasteiger partial charge in [-0.25, -0.2) is 9.18 Å². The molecule has 0 fully saturated rings. The lowest BCUT2D eigenvalue weighted by atomic mass is 10.1. The van der Waals surface area contributed by atoms with Gasteiger partial charge in [-0.3, -0.25) is 0 Å². The normalized spacial score (nSPS) is 10.7. The molecule has 2 aromatic rings. The van der Waals surface area contributed by atoms with E-state index in [0.29, 0.717) is 9.50 Å². The van der Waals surface area contributed by atoms with Crippen LogP contribution in [0.25, 0.3) is 11.3 Å². The summed E-state index contributed by atoms with van der Waals surface area (Å²) in [5, 5.41) is 4.05. The summed E-state index contributed by atoms with van der Waals surface area (Å²) in [7, 11) is 0. The predicted molar refractivity (Wildman–Crippen MR) is 75.3 cm³/mol. The van der Waals surface area contributed by atoms with Gasteiger partial charge in [-0.2, -0.15) is 0 Å². The Morgan fingerprint density at radius 2 is 2.25 bits per heavy atom. The molecule has 0 saturated heterocycles. The van der Waals surface area contributed by atoms with Gasteiger partial charge in [-0.15, -0.1) is 0 Å². The first-order valence-corrected chi connectivity index (χ1v) is 6.91. The summed E-state index contributed by atoms with van der Waals surface area (Å²) in [6.45, 7) is 3.43. The number of rotatable bonds is 3. The lowest BCUT2D eigenvalue weighted by Crippen LogP contribution is -2.07. The second-order valence-electron chi connectivity index (χ2n) is 3.90. The largest absolute Gasteiger partial charge is 0.462 e. The average molecular weight is 363 g/mol. The summed E-state index contributed by atoms with van der Waals surface area (Å²) < 4.78 is 24.3. The average Bonchev–Trinajstić information content (AvgIpc) is 2.77. The monoisotopic (exact) mass is 361 g/mol. The molecule has 7 heteroatoms. The molecule has 20 heavy (non-hydrogen) atoms. The zero-order chi connectivity index (χ0) is 14.9. The third-order valence-electron chi connectivity index (χ3n) is 2.62. The highest BCUT2D eigenvalue weighted by molar-refractivity contribution is 9.10. The zero-order valence-electron chi connectivity index (χ0n) is 10.7. The van der Waals surface area contributed by atoms with E-state index < -0.39 is 11.8 Å². The van der Waals surface area contributed by atoms with Crippen molar-refractivity contribution in [2.24, 2.45) is 0 Å². The number of halogens is 3. The lowest BCUT2D eigenvalue weighted by Gasteiger charge is -2.07. The van der Waals surface area contributed by atoms with E-state index in [2.05, 4.69) is 21.1 Å². The van der Waals surface area contributed by atoms with Crippen LogP contribution in [0.1, 0.15) is 23.0 Å². The molecule has 106 valence electrons. The predicted octanol–water partition coefficient (Wildman–Crippen LogP) is 4.38. The van der Waals surface area contributed by atoms with Crippen LogP contribution in [0.2, 0.25) is 5.02 Å². The first-order chi connectivity index (χ1) is 9.47. The molecule has 4 nitrogen and oxygen atoms in total. The van der Waals surface area contributed by atoms with Gasteiger partial charge < -0.3 is 9.26 Å². The second-order valence-corrected chi connectivity index (χ2v) is 5.10. The number of carbonyl (C=O) groups is 1. The Kier molecular flexibility index (Phi) is 4.45. The minimum atomic E-state index is -0.618. The molecule has 2 rings (SSSR count). The number of esters is 1. The standard InChI is InChI=1S/C13H10BrClFNO3/c1-3-19-13(18)9-6(2)20-17-12(9)10-8(16)5-4-7(15)11(10)14/h4-5H,3H2,1-2H3. The molecule has 0 spiro atoms. The second kappa shape index (κ2) is 5.93. The van der Waals surface area contributed by atoms with Crippen LogP contribution in [0.5, 0.6) is 0 Å². The molecule has 0 atom stereocenters. The molecular weight excluding hydrogens is 353 g/mol. The van der Waals surface area contributed by atoms with Crippen molar-refractivity contribution in [1.82, 2.24) is 5.16 Å². The summed E-state index contributed by atoms with van der Waals surface area (Å²) in [6, 6.07) is 2.60. The Labute approximate surface area is 128 Å². The van der Waals surface area contributed by atoms with Crippen LogP contribution in [0, 0.1) is 12.7 Å². The van der Waals surface area contributed by atoms with Crippen molar-refractivity contribution in [2.45, 2.75) is 13.8 Å². The molecule has 0 N–H and O–H groups in total. The Hall–Kier alpha value is -1.40. The van der Waals surface area contributed by atoms with Crippen molar-refractivity contribution in [1.29, 1.82) is 0 Å². The fourth-order valence-corrected chi connectivity index (χ4v) is 2.40. The van der Waals surface area contributed by atoms with E-state index >= 15 is 0 Å². The molecule has 0 saturated carbocycles. The number of benzene rings is 1. The van der Waals surface area contributed by atoms with E-state index in [4.69, 9.17) is 20.9 Å². The first-order valence-electron chi connectivity index (χ1n) is 5.74. The maximum Gasteiger partial charge on any atom is 0.344 e. The van der Waals surface area contributed by atoms with Gasteiger partial charge in [0.15, 0.2) is 0 Å². The zero-order valence-corrected chi connectivity index (χ0v) is 13.0. The topological polar surface area (TPSA) is 52.3 Å². The molecule has 0 aliphatic heterocycles. The molecular formula is C13H10BrClFNO3. The summed E-state index contributed by atoms with van der Waals surface area (Å²) in [5.74, 6) is -0.933. The summed E-state index contributed by atoms with van der Waals surface area (Å²) in [5.41, 5.74) is 0.221. The van der Waals surface area contributed by atoms with Crippen molar-refractivity contribution in [3.63, 3.8) is 0 Å². The molecule has 0 amide bonds. The van der Waals surface area contributed by atoms with Crippen molar-refractivity contribution < 1.29 is 18.4 Å². The van der Waals surface area contributed by atoms with E-state index in [1.807, 2.05) is 0 Å². The van der Waals surface area contributed by atoms with Gasteiger partial charge in [0.25, 0.3) is 0 Å². The third kappa shape index (κ3) is 2.58. The molecule has 1 aromatic carbocycles. The minimum absolute atomic E-state index is 0.0628. The lowest BCUT2D eigenvalue weighted by molar-refractivity contribution is 0.0525. The Morgan fingerprint density at radius 3 is 2.90 bits per heavy atom. The van der Waals surface area contributed by atoms with Gasteiger partial charge in [-0.05, 0) is 41.9 Å². The maximum atomic E-state index is 14.0. The summed E-state index contributed by atoms with van der Waals surface area (Å²) in [4.78, 5) is 11.9. The Balaban J connectivity index is 2.66. The molecule has 0 bridgehead atoms. The minimum Gasteiger partial charge on any atom is -0.462 e. The van der Waals surface area contributed by atoms with Crippen molar-refractivity contribution in [3.8, 4) is 11.3 Å². The molecule has 0 radical (unpaired) electrons. The quantitative estimate of drug-likeness (QED) is 0.600. The van der Waals surface area contributed by atoms with Gasteiger partial charge in [-0.1, -0.05) is 16.8 Å². The fraction of sp³-hybridized carbons (Fsp3) is 0.231. The van der Waals surface area contributed by atoms with Gasteiger partial charge in [0.05, 0.1) is 17.2 Å². The fourth-order valence-electron chi connectivity index (χ4n) is 1.73. The molecule has 0 unspecified atom stereocenters. The molecule has 1 heterocycles. The van der Waals surface area contributed by atoms with Crippen molar-refractivity contribution in [3.05, 3.63) is 38.8 Å². The van der Waals surface area contributed by atoms with Gasteiger partial charge >= 0.3 is 5.97 Å². The van der Waals surface area contributed by atoms with Crippen LogP contribution < -0.4 is 0 Å². The molecule has 1 aromatic heterocycles. The first kappa shape index (κ1) is 15.0. The van der Waals surface area contributed by atoms with Crippen LogP contribution in [-0.2, 0) is 4.74 Å². The third-order valence-corrected chi connectivity index (χ3v) is 3.99. The van der Waals surface area contributed by atoms with E-state index in [0.717, 1.165) is 0 Å². The van der Waals surface area contributed by atoms with Crippen LogP contribution in [0.3, 0.4) is 0 Å². The van der Waals surface area contributed by atoms with Crippen LogP contribution >= 0.6 is 27.5 Å². The number of carbonyl (C=O) groups excluding carboxylic acids is 1. The van der Waals surface area contributed by atoms with Crippen LogP contribution in [0.4, 0.5) is 4.39 Å². The maximum absolute atomic E-state index is 14.0. The highest BCUT2D eigenvalue weighted by Gasteiger charge is 2.26. The highest BCUT2D eigenvalue weighted by Crippen LogP contribution is 2.37. The van der Waals surface area contributed by atoms with E-state index in [1.54, 1.807) is 13.8 Å². The van der Waals surface area contributed by atoms with E-state index in [1.165, 1.54) is 12.1 Å². The van der Waals surface area contributed by atoms with Gasteiger partial charge in [0.1, 0.15) is 22.8 Å². The smallest absolute Gasteiger partial charge is 0.344 e. The number of hydrogen-bond acceptors (Lipinski definition) is 4. The van der Waals surface area contributed by atoms with Crippen molar-refractivity contribution in [2.75, 3.05) is 6.61 Å². The van der Waals surface area contributed by atoms with Gasteiger partial charge in [0.2, 0.25) is 0 Å². The van der Waals surface area contributed by atoms with E-state index in [9.17, 15) is 9.18 Å². The Morgan fingerprint density at radius 1 is 1.55 bits per heavy atom. The summed E-state index contributed by atoms with van der Waals surface area (Å²) >= 11 is 9.14. The number of aromatic nitrogens is 1. The van der Waals surface area contributed by atoms with E-state index in [-0.39, 0.29) is 29.2 Å². The van der Waals surface area contributed by atoms with Crippen LogP contribution in [0.15, 0.2) is 21.1 Å². The summed E-state index contributed by atoms with van der Waals surface area (Å²) in [6.07, 6.45) is 0. The number of aryl methyl sites for hydroxylation is 1.